The maximum absolute atomic E-state index is 8.25. The molecule has 0 saturated carbocycles. The van der Waals surface area contributed by atoms with Crippen LogP contribution in [0, 0.1) is 6.57 Å². The van der Waals surface area contributed by atoms with Crippen molar-refractivity contribution >= 4 is 27.2 Å². The zero-order chi connectivity index (χ0) is 46.3. The number of fused-ring (bicyclic) bond motifs is 6. The molecular formula is C66H38N4. The lowest BCUT2D eigenvalue weighted by molar-refractivity contribution is 1.07. The Bertz CT molecular complexity index is 4150. The van der Waals surface area contributed by atoms with Crippen LogP contribution in [-0.2, 0) is 0 Å². The summed E-state index contributed by atoms with van der Waals surface area (Å²) in [6.45, 7) is 8.25. The standard InChI is InChI=1S/C66H38N4/c1-67-61-37-33-44(38-59(61)41-30-28-40(29-31-41)46-18-5-7-20-48(46)51-35-36-57-50-22-9-8-21-49(50)54-26-13-27-55(51)63(54)57)47-19-6-10-23-58(47)66-69-64(43-14-3-2-4-15-43)68-65(70-66)45-32-34-52-53-24-11-16-42-17-12-25-56(62(42)53)60(52)39-45/h2-39H. The van der Waals surface area contributed by atoms with E-state index >= 15 is 0 Å². The van der Waals surface area contributed by atoms with E-state index in [-0.39, 0.29) is 0 Å². The summed E-state index contributed by atoms with van der Waals surface area (Å²) in [5.74, 6) is 1.79. The van der Waals surface area contributed by atoms with Gasteiger partial charge in [-0.05, 0) is 117 Å². The number of aromatic nitrogens is 3. The molecule has 0 saturated heterocycles. The van der Waals surface area contributed by atoms with Gasteiger partial charge in [-0.1, -0.05) is 224 Å². The van der Waals surface area contributed by atoms with Crippen LogP contribution in [0.2, 0.25) is 0 Å². The molecule has 4 heteroatoms. The molecule has 4 nitrogen and oxygen atoms in total. The summed E-state index contributed by atoms with van der Waals surface area (Å²) in [5, 5.41) is 5.09. The van der Waals surface area contributed by atoms with Gasteiger partial charge in [0.15, 0.2) is 23.2 Å². The summed E-state index contributed by atoms with van der Waals surface area (Å²) >= 11 is 0. The topological polar surface area (TPSA) is 43.0 Å². The van der Waals surface area contributed by atoms with Crippen LogP contribution in [0.5, 0.6) is 0 Å². The Kier molecular flexibility index (Phi) is 8.92. The number of nitrogens with zero attached hydrogens (tertiary/aromatic N) is 4. The van der Waals surface area contributed by atoms with Gasteiger partial charge in [0.25, 0.3) is 0 Å². The van der Waals surface area contributed by atoms with Crippen LogP contribution in [0.3, 0.4) is 0 Å². The zero-order valence-corrected chi connectivity index (χ0v) is 37.7. The molecule has 0 N–H and O–H groups in total. The first-order valence-corrected chi connectivity index (χ1v) is 23.6. The van der Waals surface area contributed by atoms with Gasteiger partial charge in [-0.25, -0.2) is 19.8 Å². The van der Waals surface area contributed by atoms with Crippen molar-refractivity contribution in [3.8, 4) is 123 Å². The molecule has 0 radical (unpaired) electrons. The third-order valence-electron chi connectivity index (χ3n) is 14.3. The number of rotatable bonds is 7. The van der Waals surface area contributed by atoms with Crippen LogP contribution in [0.1, 0.15) is 0 Å². The molecule has 70 heavy (non-hydrogen) atoms. The molecule has 0 unspecified atom stereocenters. The molecule has 2 aliphatic rings. The second kappa shape index (κ2) is 15.8. The average Bonchev–Trinajstić information content (AvgIpc) is 3.94. The van der Waals surface area contributed by atoms with E-state index in [1.54, 1.807) is 0 Å². The van der Waals surface area contributed by atoms with Gasteiger partial charge in [0, 0.05) is 16.7 Å². The zero-order valence-electron chi connectivity index (χ0n) is 37.7. The van der Waals surface area contributed by atoms with Crippen molar-refractivity contribution in [2.24, 2.45) is 0 Å². The van der Waals surface area contributed by atoms with E-state index in [2.05, 4.69) is 181 Å². The van der Waals surface area contributed by atoms with Crippen molar-refractivity contribution in [3.05, 3.63) is 242 Å². The predicted octanol–water partition coefficient (Wildman–Crippen LogP) is 17.7. The van der Waals surface area contributed by atoms with Crippen molar-refractivity contribution in [1.29, 1.82) is 0 Å². The molecule has 0 aliphatic heterocycles. The quantitative estimate of drug-likeness (QED) is 0.150. The van der Waals surface area contributed by atoms with Crippen LogP contribution in [0.15, 0.2) is 231 Å². The van der Waals surface area contributed by atoms with Crippen molar-refractivity contribution in [2.75, 3.05) is 0 Å². The van der Waals surface area contributed by atoms with Gasteiger partial charge in [-0.15, -0.1) is 0 Å². The minimum atomic E-state index is 0.578. The van der Waals surface area contributed by atoms with Gasteiger partial charge in [-0.2, -0.15) is 0 Å². The molecule has 11 aromatic carbocycles. The fraction of sp³-hybridized carbons (Fsp3) is 0. The van der Waals surface area contributed by atoms with Crippen LogP contribution < -0.4 is 0 Å². The van der Waals surface area contributed by atoms with Crippen molar-refractivity contribution in [3.63, 3.8) is 0 Å². The fourth-order valence-electron chi connectivity index (χ4n) is 11.1. The molecule has 12 aromatic rings. The first-order valence-electron chi connectivity index (χ1n) is 23.6. The summed E-state index contributed by atoms with van der Waals surface area (Å²) in [5.41, 5.74) is 21.8. The maximum Gasteiger partial charge on any atom is 0.194 e. The Labute approximate surface area is 405 Å². The van der Waals surface area contributed by atoms with Gasteiger partial charge in [0.2, 0.25) is 0 Å². The Balaban J connectivity index is 0.844. The van der Waals surface area contributed by atoms with Crippen LogP contribution in [0.4, 0.5) is 5.69 Å². The Morgan fingerprint density at radius 3 is 1.40 bits per heavy atom. The predicted molar refractivity (Wildman–Crippen MR) is 288 cm³/mol. The second-order valence-electron chi connectivity index (χ2n) is 18.1. The minimum absolute atomic E-state index is 0.578. The number of hydrogen-bond donors (Lipinski definition) is 0. The number of benzene rings is 11. The van der Waals surface area contributed by atoms with E-state index in [1.165, 1.54) is 77.2 Å². The highest BCUT2D eigenvalue weighted by molar-refractivity contribution is 6.19. The van der Waals surface area contributed by atoms with E-state index in [1.807, 2.05) is 54.6 Å². The van der Waals surface area contributed by atoms with E-state index in [9.17, 15) is 0 Å². The summed E-state index contributed by atoms with van der Waals surface area (Å²) in [4.78, 5) is 19.6. The third kappa shape index (κ3) is 6.19. The van der Waals surface area contributed by atoms with Gasteiger partial charge >= 0.3 is 0 Å². The van der Waals surface area contributed by atoms with Crippen molar-refractivity contribution in [1.82, 2.24) is 15.0 Å². The SMILES string of the molecule is [C-]#[N+]c1ccc(-c2ccccc2-c2nc(-c3ccccc3)nc(-c3ccc4c(c3)-c3cccc5cccc-4c35)n2)cc1-c1ccc(-c2ccccc2-c2ccc3c4c(cccc24)-c2ccccc2-3)cc1. The van der Waals surface area contributed by atoms with Gasteiger partial charge in [0.05, 0.1) is 6.57 Å². The Morgan fingerprint density at radius 1 is 0.257 bits per heavy atom. The lowest BCUT2D eigenvalue weighted by Gasteiger charge is -2.15. The molecule has 0 bridgehead atoms. The molecule has 2 aliphatic carbocycles. The normalized spacial score (nSPS) is 11.7. The smallest absolute Gasteiger partial charge is 0.194 e. The maximum atomic E-state index is 8.25. The van der Waals surface area contributed by atoms with Crippen molar-refractivity contribution in [2.45, 2.75) is 0 Å². The molecule has 1 heterocycles. The largest absolute Gasteiger partial charge is 0.238 e. The van der Waals surface area contributed by atoms with E-state index in [0.717, 1.165) is 50.1 Å². The molecule has 322 valence electrons. The molecular weight excluding hydrogens is 849 g/mol. The summed E-state index contributed by atoms with van der Waals surface area (Å²) in [6.07, 6.45) is 0. The molecule has 0 atom stereocenters. The van der Waals surface area contributed by atoms with E-state index < -0.39 is 0 Å². The molecule has 0 spiro atoms. The third-order valence-corrected chi connectivity index (χ3v) is 14.3. The average molecular weight is 887 g/mol. The van der Waals surface area contributed by atoms with Gasteiger partial charge < -0.3 is 0 Å². The van der Waals surface area contributed by atoms with Crippen LogP contribution >= 0.6 is 0 Å². The highest BCUT2D eigenvalue weighted by atomic mass is 15.0. The number of hydrogen-bond acceptors (Lipinski definition) is 3. The Hall–Kier alpha value is -9.56. The van der Waals surface area contributed by atoms with Crippen molar-refractivity contribution < 1.29 is 0 Å². The molecule has 0 fully saturated rings. The first-order chi connectivity index (χ1) is 34.7. The second-order valence-corrected chi connectivity index (χ2v) is 18.1. The molecule has 14 rings (SSSR count). The van der Waals surface area contributed by atoms with Crippen LogP contribution in [-0.4, -0.2) is 15.0 Å². The lowest BCUT2D eigenvalue weighted by Crippen LogP contribution is -2.01. The monoisotopic (exact) mass is 886 g/mol. The highest BCUT2D eigenvalue weighted by Crippen LogP contribution is 2.51. The summed E-state index contributed by atoms with van der Waals surface area (Å²) < 4.78 is 0. The fourth-order valence-corrected chi connectivity index (χ4v) is 11.1. The van der Waals surface area contributed by atoms with E-state index in [4.69, 9.17) is 21.5 Å². The Morgan fingerprint density at radius 2 is 0.700 bits per heavy atom. The molecule has 0 amide bonds. The van der Waals surface area contributed by atoms with E-state index in [0.29, 0.717) is 23.2 Å². The summed E-state index contributed by atoms with van der Waals surface area (Å²) in [7, 11) is 0. The minimum Gasteiger partial charge on any atom is -0.238 e. The molecule has 1 aromatic heterocycles. The first kappa shape index (κ1) is 39.6. The van der Waals surface area contributed by atoms with Gasteiger partial charge in [-0.3, -0.25) is 0 Å². The highest BCUT2D eigenvalue weighted by Gasteiger charge is 2.25. The lowest BCUT2D eigenvalue weighted by atomic mass is 9.89. The van der Waals surface area contributed by atoms with Gasteiger partial charge in [0.1, 0.15) is 0 Å². The summed E-state index contributed by atoms with van der Waals surface area (Å²) in [6, 6.07) is 81.5. The van der Waals surface area contributed by atoms with Crippen LogP contribution in [0.25, 0.3) is 150 Å².